The summed E-state index contributed by atoms with van der Waals surface area (Å²) >= 11 is 5.76. The minimum absolute atomic E-state index is 0.0386. The summed E-state index contributed by atoms with van der Waals surface area (Å²) < 4.78 is 67.7. The number of imidazole rings is 1. The van der Waals surface area contributed by atoms with Gasteiger partial charge in [-0.1, -0.05) is 24.9 Å². The minimum Gasteiger partial charge on any atom is -0.493 e. The van der Waals surface area contributed by atoms with Crippen molar-refractivity contribution in [3.63, 3.8) is 0 Å². The topological polar surface area (TPSA) is 86.6 Å². The fourth-order valence-electron chi connectivity index (χ4n) is 4.38. The van der Waals surface area contributed by atoms with Gasteiger partial charge >= 0.3 is 17.5 Å². The van der Waals surface area contributed by atoms with Crippen molar-refractivity contribution < 1.29 is 31.8 Å². The predicted octanol–water partition coefficient (Wildman–Crippen LogP) is 6.46. The Morgan fingerprint density at radius 2 is 1.85 bits per heavy atom. The largest absolute Gasteiger partial charge is 0.493 e. The first-order valence-corrected chi connectivity index (χ1v) is 12.7. The number of fused-ring (bicyclic) bond motifs is 1. The average molecular weight is 569 g/mol. The third-order valence-electron chi connectivity index (χ3n) is 6.19. The summed E-state index contributed by atoms with van der Waals surface area (Å²) in [5.74, 6) is -0.683. The molecule has 0 aliphatic heterocycles. The van der Waals surface area contributed by atoms with Crippen LogP contribution in [0.4, 0.5) is 17.6 Å². The van der Waals surface area contributed by atoms with Gasteiger partial charge < -0.3 is 14.3 Å². The first-order chi connectivity index (χ1) is 18.5. The van der Waals surface area contributed by atoms with Gasteiger partial charge in [0.15, 0.2) is 0 Å². The van der Waals surface area contributed by atoms with Crippen LogP contribution in [0.15, 0.2) is 56.6 Å². The highest BCUT2D eigenvalue weighted by molar-refractivity contribution is 6.30. The molecule has 0 fully saturated rings. The summed E-state index contributed by atoms with van der Waals surface area (Å²) in [4.78, 5) is 24.5. The molecule has 0 atom stereocenters. The van der Waals surface area contributed by atoms with Crippen molar-refractivity contribution in [2.45, 2.75) is 51.7 Å². The molecular formula is C27H25ClF4N2O5. The lowest BCUT2D eigenvalue weighted by Crippen LogP contribution is -2.23. The lowest BCUT2D eigenvalue weighted by Gasteiger charge is -2.15. The zero-order valence-corrected chi connectivity index (χ0v) is 21.6. The van der Waals surface area contributed by atoms with Crippen LogP contribution < -0.4 is 16.1 Å². The highest BCUT2D eigenvalue weighted by atomic mass is 35.5. The van der Waals surface area contributed by atoms with E-state index in [1.807, 2.05) is 6.92 Å². The van der Waals surface area contributed by atoms with Crippen LogP contribution in [0.2, 0.25) is 5.02 Å². The first-order valence-electron chi connectivity index (χ1n) is 12.3. The van der Waals surface area contributed by atoms with E-state index in [4.69, 9.17) is 20.8 Å². The maximum Gasteiger partial charge on any atom is 0.417 e. The van der Waals surface area contributed by atoms with Crippen LogP contribution in [0.25, 0.3) is 16.7 Å². The van der Waals surface area contributed by atoms with Crippen LogP contribution in [0.5, 0.6) is 11.6 Å². The van der Waals surface area contributed by atoms with E-state index in [9.17, 15) is 32.3 Å². The van der Waals surface area contributed by atoms with Gasteiger partial charge in [-0.3, -0.25) is 9.13 Å². The quantitative estimate of drug-likeness (QED) is 0.135. The molecule has 4 rings (SSSR count). The van der Waals surface area contributed by atoms with Crippen molar-refractivity contribution in [1.82, 2.24) is 9.13 Å². The zero-order valence-electron chi connectivity index (χ0n) is 20.9. The maximum atomic E-state index is 14.2. The van der Waals surface area contributed by atoms with Crippen molar-refractivity contribution in [2.24, 2.45) is 0 Å². The summed E-state index contributed by atoms with van der Waals surface area (Å²) in [6.07, 6.45) is -1.00. The van der Waals surface area contributed by atoms with Crippen molar-refractivity contribution in [3.05, 3.63) is 85.5 Å². The van der Waals surface area contributed by atoms with E-state index in [0.717, 1.165) is 21.4 Å². The number of aromatic nitrogens is 2. The number of alkyl halides is 3. The van der Waals surface area contributed by atoms with Gasteiger partial charge in [0.1, 0.15) is 17.1 Å². The molecule has 0 saturated carbocycles. The second-order valence-corrected chi connectivity index (χ2v) is 9.38. The molecule has 0 aliphatic rings. The molecule has 2 aromatic heterocycles. The normalized spacial score (nSPS) is 11.8. The van der Waals surface area contributed by atoms with Crippen molar-refractivity contribution >= 4 is 22.6 Å². The van der Waals surface area contributed by atoms with E-state index >= 15 is 0 Å². The third-order valence-corrected chi connectivity index (χ3v) is 6.42. The van der Waals surface area contributed by atoms with Crippen molar-refractivity contribution in [1.29, 1.82) is 0 Å². The van der Waals surface area contributed by atoms with Crippen molar-refractivity contribution in [3.8, 4) is 17.3 Å². The second-order valence-electron chi connectivity index (χ2n) is 8.94. The van der Waals surface area contributed by atoms with Crippen LogP contribution in [-0.2, 0) is 19.1 Å². The number of aromatic hydroxyl groups is 1. The van der Waals surface area contributed by atoms with Crippen molar-refractivity contribution in [2.75, 3.05) is 6.61 Å². The first kappa shape index (κ1) is 28.3. The molecule has 7 nitrogen and oxygen atoms in total. The fourth-order valence-corrected chi connectivity index (χ4v) is 4.54. The molecule has 1 N–H and O–H groups in total. The monoisotopic (exact) mass is 568 g/mol. The molecule has 12 heteroatoms. The average Bonchev–Trinajstić information content (AvgIpc) is 3.14. The van der Waals surface area contributed by atoms with Gasteiger partial charge in [0.05, 0.1) is 24.1 Å². The van der Waals surface area contributed by atoms with E-state index in [1.54, 1.807) is 0 Å². The number of nitrogens with zero attached hydrogens (tertiary/aromatic N) is 2. The Bertz CT molecular complexity index is 1610. The van der Waals surface area contributed by atoms with Crippen LogP contribution in [0.3, 0.4) is 0 Å². The van der Waals surface area contributed by atoms with E-state index in [-0.39, 0.29) is 40.7 Å². The lowest BCUT2D eigenvalue weighted by molar-refractivity contribution is -0.136. The van der Waals surface area contributed by atoms with Crippen LogP contribution in [0, 0.1) is 5.82 Å². The summed E-state index contributed by atoms with van der Waals surface area (Å²) in [5.41, 5.74) is -2.52. The molecule has 39 heavy (non-hydrogen) atoms. The Balaban J connectivity index is 1.40. The molecule has 0 bridgehead atoms. The summed E-state index contributed by atoms with van der Waals surface area (Å²) in [5, 5.41) is 10.2. The lowest BCUT2D eigenvalue weighted by atomic mass is 10.0. The van der Waals surface area contributed by atoms with Gasteiger partial charge in [0.25, 0.3) is 0 Å². The van der Waals surface area contributed by atoms with Gasteiger partial charge in [-0.2, -0.15) is 13.2 Å². The highest BCUT2D eigenvalue weighted by Gasteiger charge is 2.34. The van der Waals surface area contributed by atoms with Gasteiger partial charge in [-0.15, -0.1) is 0 Å². The zero-order chi connectivity index (χ0) is 28.3. The molecule has 208 valence electrons. The molecule has 0 spiro atoms. The molecule has 2 aromatic carbocycles. The number of rotatable bonds is 10. The third kappa shape index (κ3) is 6.13. The molecule has 0 amide bonds. The number of aryl methyl sites for hydroxylation is 1. The Hall–Kier alpha value is -3.73. The van der Waals surface area contributed by atoms with E-state index in [2.05, 4.69) is 0 Å². The Labute approximate surface area is 224 Å². The van der Waals surface area contributed by atoms with E-state index in [1.165, 1.54) is 24.3 Å². The molecule has 2 heterocycles. The number of ether oxygens (including phenoxy) is 1. The number of halogens is 5. The molecule has 0 aliphatic carbocycles. The predicted molar refractivity (Wildman–Crippen MR) is 137 cm³/mol. The minimum atomic E-state index is -4.71. The fraction of sp³-hybridized carbons (Fsp3) is 0.333. The Morgan fingerprint density at radius 1 is 1.08 bits per heavy atom. The number of benzene rings is 2. The molecule has 0 unspecified atom stereocenters. The molecule has 0 saturated heterocycles. The summed E-state index contributed by atoms with van der Waals surface area (Å²) in [7, 11) is 0. The second kappa shape index (κ2) is 11.6. The maximum absolute atomic E-state index is 14.2. The van der Waals surface area contributed by atoms with E-state index in [0.29, 0.717) is 49.5 Å². The van der Waals surface area contributed by atoms with Gasteiger partial charge in [-0.25, -0.2) is 14.0 Å². The molecule has 4 aromatic rings. The molecule has 0 radical (unpaired) electrons. The number of unbranched alkanes of at least 4 members (excludes halogenated alkanes) is 2. The standard InChI is InChI=1S/C27H25ClF4N2O5/c1-2-6-18-22(10-8-17-19(27(30,31)32)14-24(36)39-25(17)18)38-12-5-3-4-11-33-23(35)15-34(26(33)37)21-9-7-16(28)13-20(21)29/h7-10,13-15,35H,2-6,11-12H2,1H3. The van der Waals surface area contributed by atoms with E-state index < -0.39 is 28.9 Å². The Kier molecular flexibility index (Phi) is 8.39. The van der Waals surface area contributed by atoms with Crippen LogP contribution >= 0.6 is 11.6 Å². The van der Waals surface area contributed by atoms with Gasteiger partial charge in [0.2, 0.25) is 5.88 Å². The van der Waals surface area contributed by atoms with Gasteiger partial charge in [0, 0.05) is 28.6 Å². The van der Waals surface area contributed by atoms with Gasteiger partial charge in [-0.05, 0) is 56.0 Å². The number of hydrogen-bond acceptors (Lipinski definition) is 5. The van der Waals surface area contributed by atoms with Crippen LogP contribution in [0.1, 0.15) is 43.7 Å². The molecular weight excluding hydrogens is 544 g/mol. The highest BCUT2D eigenvalue weighted by Crippen LogP contribution is 2.37. The van der Waals surface area contributed by atoms with Crippen LogP contribution in [-0.4, -0.2) is 20.8 Å². The smallest absolute Gasteiger partial charge is 0.417 e. The Morgan fingerprint density at radius 3 is 2.54 bits per heavy atom. The number of hydrogen-bond donors (Lipinski definition) is 1. The summed E-state index contributed by atoms with van der Waals surface area (Å²) in [6, 6.07) is 6.97. The SMILES string of the molecule is CCCc1c(OCCCCCn2c(O)cn(-c3ccc(Cl)cc3F)c2=O)ccc2c(C(F)(F)F)cc(=O)oc12. The summed E-state index contributed by atoms with van der Waals surface area (Å²) in [6.45, 7) is 2.25.